The molecular weight excluding hydrogens is 296 g/mol. The lowest BCUT2D eigenvalue weighted by molar-refractivity contribution is 0.844. The second-order valence-electron chi connectivity index (χ2n) is 4.71. The Hall–Kier alpha value is -2.77. The predicted molar refractivity (Wildman–Crippen MR) is 87.1 cm³/mol. The largest absolute Gasteiger partial charge is 0.377 e. The van der Waals surface area contributed by atoms with E-state index in [2.05, 4.69) is 16.5 Å². The number of rotatable bonds is 4. The maximum Gasteiger partial charge on any atom is 0.101 e. The summed E-state index contributed by atoms with van der Waals surface area (Å²) in [6.07, 6.45) is 1.91. The van der Waals surface area contributed by atoms with Gasteiger partial charge < -0.3 is 5.32 Å². The molecule has 0 amide bonds. The third-order valence-corrected chi connectivity index (χ3v) is 3.56. The first-order chi connectivity index (χ1) is 10.8. The minimum absolute atomic E-state index is 0.498. The second kappa shape index (κ2) is 6.33. The number of halogens is 1. The molecule has 3 aromatic rings. The number of anilines is 1. The van der Waals surface area contributed by atoms with Gasteiger partial charge in [0, 0.05) is 6.20 Å². The summed E-state index contributed by atoms with van der Waals surface area (Å²) < 4.78 is 1.81. The number of benzene rings is 2. The molecule has 0 unspecified atom stereocenters. The van der Waals surface area contributed by atoms with E-state index in [1.54, 1.807) is 18.2 Å². The van der Waals surface area contributed by atoms with Crippen LogP contribution in [-0.2, 0) is 6.54 Å². The average Bonchev–Trinajstić information content (AvgIpc) is 3.03. The maximum atomic E-state index is 9.12. The molecule has 108 valence electrons. The fourth-order valence-electron chi connectivity index (χ4n) is 2.16. The van der Waals surface area contributed by atoms with E-state index >= 15 is 0 Å². The summed E-state index contributed by atoms with van der Waals surface area (Å²) in [6, 6.07) is 19.2. The molecule has 0 saturated heterocycles. The van der Waals surface area contributed by atoms with Crippen LogP contribution in [0.1, 0.15) is 11.3 Å². The van der Waals surface area contributed by atoms with Crippen LogP contribution in [0.15, 0.2) is 60.8 Å². The van der Waals surface area contributed by atoms with E-state index in [0.29, 0.717) is 22.8 Å². The van der Waals surface area contributed by atoms with Crippen LogP contribution in [0.25, 0.3) is 5.69 Å². The minimum atomic E-state index is 0.498. The van der Waals surface area contributed by atoms with Crippen molar-refractivity contribution < 1.29 is 0 Å². The normalized spacial score (nSPS) is 10.2. The highest BCUT2D eigenvalue weighted by molar-refractivity contribution is 6.33. The molecule has 0 spiro atoms. The van der Waals surface area contributed by atoms with Crippen LogP contribution in [-0.4, -0.2) is 9.78 Å². The Balaban J connectivity index is 1.76. The molecule has 4 nitrogen and oxygen atoms in total. The molecule has 0 fully saturated rings. The molecule has 0 aliphatic heterocycles. The van der Waals surface area contributed by atoms with Crippen LogP contribution in [0.2, 0.25) is 5.02 Å². The van der Waals surface area contributed by atoms with Gasteiger partial charge in [0.25, 0.3) is 0 Å². The summed E-state index contributed by atoms with van der Waals surface area (Å²) in [5.74, 6) is 0. The molecule has 2 aromatic carbocycles. The number of nitrogens with one attached hydrogen (secondary N) is 1. The number of hydrogen-bond donors (Lipinski definition) is 1. The smallest absolute Gasteiger partial charge is 0.101 e. The van der Waals surface area contributed by atoms with Gasteiger partial charge in [0.2, 0.25) is 0 Å². The van der Waals surface area contributed by atoms with E-state index in [1.165, 1.54) is 0 Å². The van der Waals surface area contributed by atoms with Gasteiger partial charge in [-0.1, -0.05) is 35.9 Å². The summed E-state index contributed by atoms with van der Waals surface area (Å²) in [5, 5.41) is 17.3. The van der Waals surface area contributed by atoms with Crippen molar-refractivity contribution in [3.05, 3.63) is 77.1 Å². The van der Waals surface area contributed by atoms with Crippen molar-refractivity contribution >= 4 is 17.3 Å². The van der Waals surface area contributed by atoms with E-state index < -0.39 is 0 Å². The van der Waals surface area contributed by atoms with Crippen LogP contribution in [0.5, 0.6) is 0 Å². The molecule has 3 rings (SSSR count). The van der Waals surface area contributed by atoms with Crippen molar-refractivity contribution in [1.29, 1.82) is 5.26 Å². The zero-order chi connectivity index (χ0) is 15.4. The monoisotopic (exact) mass is 308 g/mol. The van der Waals surface area contributed by atoms with E-state index in [1.807, 2.05) is 47.3 Å². The molecule has 0 bridgehead atoms. The van der Waals surface area contributed by atoms with Gasteiger partial charge in [-0.3, -0.25) is 0 Å². The van der Waals surface area contributed by atoms with Crippen molar-refractivity contribution in [2.75, 3.05) is 5.32 Å². The maximum absolute atomic E-state index is 9.12. The fourth-order valence-corrected chi connectivity index (χ4v) is 2.40. The zero-order valence-electron chi connectivity index (χ0n) is 11.7. The first-order valence-electron chi connectivity index (χ1n) is 6.80. The standard InChI is InChI=1S/C17H13ClN4/c18-16-8-4-5-13(11-19)17(16)20-12-14-9-10-22(21-14)15-6-2-1-3-7-15/h1-10,20H,12H2. The summed E-state index contributed by atoms with van der Waals surface area (Å²) >= 11 is 6.14. The van der Waals surface area contributed by atoms with Gasteiger partial charge in [0.05, 0.1) is 34.2 Å². The van der Waals surface area contributed by atoms with Gasteiger partial charge in [0.1, 0.15) is 6.07 Å². The number of nitriles is 1. The van der Waals surface area contributed by atoms with E-state index in [0.717, 1.165) is 11.4 Å². The van der Waals surface area contributed by atoms with Crippen LogP contribution in [0.3, 0.4) is 0 Å². The molecule has 0 radical (unpaired) electrons. The summed E-state index contributed by atoms with van der Waals surface area (Å²) in [5.41, 5.74) is 3.03. The summed E-state index contributed by atoms with van der Waals surface area (Å²) in [4.78, 5) is 0. The van der Waals surface area contributed by atoms with Crippen LogP contribution in [0.4, 0.5) is 5.69 Å². The van der Waals surface area contributed by atoms with Gasteiger partial charge >= 0.3 is 0 Å². The van der Waals surface area contributed by atoms with Crippen LogP contribution < -0.4 is 5.32 Å². The van der Waals surface area contributed by atoms with E-state index in [4.69, 9.17) is 16.9 Å². The molecule has 5 heteroatoms. The summed E-state index contributed by atoms with van der Waals surface area (Å²) in [7, 11) is 0. The second-order valence-corrected chi connectivity index (χ2v) is 5.12. The van der Waals surface area contributed by atoms with Crippen molar-refractivity contribution in [3.63, 3.8) is 0 Å². The highest BCUT2D eigenvalue weighted by Crippen LogP contribution is 2.25. The molecule has 0 saturated carbocycles. The topological polar surface area (TPSA) is 53.6 Å². The third-order valence-electron chi connectivity index (χ3n) is 3.25. The van der Waals surface area contributed by atoms with E-state index in [-0.39, 0.29) is 0 Å². The molecule has 22 heavy (non-hydrogen) atoms. The van der Waals surface area contributed by atoms with Crippen molar-refractivity contribution in [1.82, 2.24) is 9.78 Å². The number of nitrogens with zero attached hydrogens (tertiary/aromatic N) is 3. The Morgan fingerprint density at radius 3 is 2.68 bits per heavy atom. The Kier molecular flexibility index (Phi) is 4.08. The number of aromatic nitrogens is 2. The lowest BCUT2D eigenvalue weighted by Gasteiger charge is -2.08. The van der Waals surface area contributed by atoms with Gasteiger partial charge in [-0.25, -0.2) is 4.68 Å². The van der Waals surface area contributed by atoms with Gasteiger partial charge in [-0.15, -0.1) is 0 Å². The van der Waals surface area contributed by atoms with E-state index in [9.17, 15) is 0 Å². The Morgan fingerprint density at radius 2 is 1.91 bits per heavy atom. The van der Waals surface area contributed by atoms with Gasteiger partial charge in [0.15, 0.2) is 0 Å². The molecule has 1 N–H and O–H groups in total. The Morgan fingerprint density at radius 1 is 1.09 bits per heavy atom. The first-order valence-corrected chi connectivity index (χ1v) is 7.18. The average molecular weight is 309 g/mol. The Bertz CT molecular complexity index is 818. The number of para-hydroxylation sites is 2. The SMILES string of the molecule is N#Cc1cccc(Cl)c1NCc1ccn(-c2ccccc2)n1. The van der Waals surface area contributed by atoms with Crippen LogP contribution >= 0.6 is 11.6 Å². The van der Waals surface area contributed by atoms with Crippen LogP contribution in [0, 0.1) is 11.3 Å². The number of hydrogen-bond acceptors (Lipinski definition) is 3. The molecule has 0 aliphatic rings. The fraction of sp³-hybridized carbons (Fsp3) is 0.0588. The van der Waals surface area contributed by atoms with Gasteiger partial charge in [-0.05, 0) is 30.3 Å². The van der Waals surface area contributed by atoms with Gasteiger partial charge in [-0.2, -0.15) is 10.4 Å². The first kappa shape index (κ1) is 14.2. The molecule has 1 heterocycles. The molecule has 0 aliphatic carbocycles. The lowest BCUT2D eigenvalue weighted by atomic mass is 10.2. The third kappa shape index (κ3) is 2.95. The molecular formula is C17H13ClN4. The highest BCUT2D eigenvalue weighted by atomic mass is 35.5. The predicted octanol–water partition coefficient (Wildman–Crippen LogP) is 4.01. The Labute approximate surface area is 133 Å². The summed E-state index contributed by atoms with van der Waals surface area (Å²) in [6.45, 7) is 0.498. The van der Waals surface area contributed by atoms with Crippen molar-refractivity contribution in [2.45, 2.75) is 6.54 Å². The molecule has 0 atom stereocenters. The highest BCUT2D eigenvalue weighted by Gasteiger charge is 2.07. The van der Waals surface area contributed by atoms with Crippen molar-refractivity contribution in [2.24, 2.45) is 0 Å². The minimum Gasteiger partial charge on any atom is -0.377 e. The lowest BCUT2D eigenvalue weighted by Crippen LogP contribution is -2.04. The van der Waals surface area contributed by atoms with Crippen molar-refractivity contribution in [3.8, 4) is 11.8 Å². The molecule has 1 aromatic heterocycles. The zero-order valence-corrected chi connectivity index (χ0v) is 12.5. The quantitative estimate of drug-likeness (QED) is 0.792.